The Morgan fingerprint density at radius 1 is 1.60 bits per heavy atom. The molecule has 10 heavy (non-hydrogen) atoms. The van der Waals surface area contributed by atoms with Crippen molar-refractivity contribution in [2.24, 2.45) is 21.7 Å². The summed E-state index contributed by atoms with van der Waals surface area (Å²) in [5, 5.41) is 7.65. The summed E-state index contributed by atoms with van der Waals surface area (Å²) in [5.41, 5.74) is 12.0. The van der Waals surface area contributed by atoms with Gasteiger partial charge in [0.15, 0.2) is 5.66 Å². The van der Waals surface area contributed by atoms with Crippen LogP contribution in [0.5, 0.6) is 0 Å². The zero-order valence-electron chi connectivity index (χ0n) is 6.26. The molecule has 4 N–H and O–H groups in total. The van der Waals surface area contributed by atoms with Crippen molar-refractivity contribution in [3.63, 3.8) is 0 Å². The summed E-state index contributed by atoms with van der Waals surface area (Å²) in [6, 6.07) is 0. The number of nitrogens with zero attached hydrogens (tertiary/aromatic N) is 2. The smallest absolute Gasteiger partial charge is 0.171 e. The fourth-order valence-corrected chi connectivity index (χ4v) is 0.846. The zero-order valence-corrected chi connectivity index (χ0v) is 6.26. The van der Waals surface area contributed by atoms with Crippen LogP contribution in [-0.2, 0) is 0 Å². The minimum absolute atomic E-state index is 0.593. The van der Waals surface area contributed by atoms with E-state index in [0.717, 1.165) is 5.70 Å². The summed E-state index contributed by atoms with van der Waals surface area (Å²) >= 11 is 0. The molecule has 0 aromatic heterocycles. The van der Waals surface area contributed by atoms with Gasteiger partial charge in [-0.25, -0.2) is 0 Å². The molecule has 0 aliphatic carbocycles. The molecule has 0 bridgehead atoms. The summed E-state index contributed by atoms with van der Waals surface area (Å²) in [5.74, 6) is 0. The Labute approximate surface area is 60.0 Å². The van der Waals surface area contributed by atoms with E-state index in [1.54, 1.807) is 0 Å². The van der Waals surface area contributed by atoms with E-state index < -0.39 is 5.66 Å². The van der Waals surface area contributed by atoms with Crippen molar-refractivity contribution in [1.29, 1.82) is 0 Å². The average molecular weight is 140 g/mol. The lowest BCUT2D eigenvalue weighted by atomic mass is 10.1. The molecule has 4 heteroatoms. The highest BCUT2D eigenvalue weighted by Gasteiger charge is 2.31. The predicted octanol–water partition coefficient (Wildman–Crippen LogP) is 0.707. The largest absolute Gasteiger partial charge is 0.397 e. The van der Waals surface area contributed by atoms with Gasteiger partial charge < -0.3 is 11.5 Å². The second-order valence-electron chi connectivity index (χ2n) is 2.48. The summed E-state index contributed by atoms with van der Waals surface area (Å²) in [4.78, 5) is 0. The third kappa shape index (κ3) is 0.806. The van der Waals surface area contributed by atoms with Gasteiger partial charge in [-0.3, -0.25) is 0 Å². The first-order valence-corrected chi connectivity index (χ1v) is 3.29. The number of allylic oxidation sites excluding steroid dienone is 1. The van der Waals surface area contributed by atoms with Gasteiger partial charge in [0, 0.05) is 0 Å². The lowest BCUT2D eigenvalue weighted by molar-refractivity contribution is 0.496. The zero-order chi connectivity index (χ0) is 7.78. The molecule has 1 rings (SSSR count). The van der Waals surface area contributed by atoms with Crippen LogP contribution >= 0.6 is 0 Å². The Kier molecular flexibility index (Phi) is 1.48. The predicted molar refractivity (Wildman–Crippen MR) is 39.0 cm³/mol. The molecule has 0 fully saturated rings. The molecular weight excluding hydrogens is 128 g/mol. The lowest BCUT2D eigenvalue weighted by Crippen LogP contribution is -2.40. The first-order valence-electron chi connectivity index (χ1n) is 3.29. The summed E-state index contributed by atoms with van der Waals surface area (Å²) in [6.45, 7) is 3.74. The van der Waals surface area contributed by atoms with Crippen molar-refractivity contribution in [3.05, 3.63) is 11.4 Å². The van der Waals surface area contributed by atoms with Crippen molar-refractivity contribution in [1.82, 2.24) is 0 Å². The highest BCUT2D eigenvalue weighted by Crippen LogP contribution is 2.25. The quantitative estimate of drug-likeness (QED) is 0.562. The van der Waals surface area contributed by atoms with Crippen LogP contribution in [0.2, 0.25) is 0 Å². The number of hydrogen-bond donors (Lipinski definition) is 2. The maximum Gasteiger partial charge on any atom is 0.171 e. The maximum absolute atomic E-state index is 5.75. The van der Waals surface area contributed by atoms with Crippen molar-refractivity contribution in [2.45, 2.75) is 25.9 Å². The Balaban J connectivity index is 2.96. The SMILES string of the molecule is CCC1(N)N=NC(C)=C1N. The van der Waals surface area contributed by atoms with Gasteiger partial charge >= 0.3 is 0 Å². The molecule has 1 aliphatic rings. The van der Waals surface area contributed by atoms with E-state index in [1.165, 1.54) is 0 Å². The minimum atomic E-state index is -0.718. The highest BCUT2D eigenvalue weighted by molar-refractivity contribution is 5.23. The molecule has 0 amide bonds. The van der Waals surface area contributed by atoms with Crippen LogP contribution in [-0.4, -0.2) is 5.66 Å². The van der Waals surface area contributed by atoms with Crippen molar-refractivity contribution in [3.8, 4) is 0 Å². The molecule has 4 nitrogen and oxygen atoms in total. The molecule has 1 unspecified atom stereocenters. The first-order chi connectivity index (χ1) is 4.60. The number of nitrogens with two attached hydrogens (primary N) is 2. The standard InChI is InChI=1S/C6H12N4/c1-3-6(8)5(7)4(2)9-10-6/h3,7-8H2,1-2H3. The van der Waals surface area contributed by atoms with Gasteiger partial charge in [0.05, 0.1) is 11.4 Å². The molecule has 0 spiro atoms. The minimum Gasteiger partial charge on any atom is -0.397 e. The number of rotatable bonds is 1. The lowest BCUT2D eigenvalue weighted by Gasteiger charge is -2.17. The van der Waals surface area contributed by atoms with Gasteiger partial charge in [-0.1, -0.05) is 6.92 Å². The highest BCUT2D eigenvalue weighted by atomic mass is 15.3. The van der Waals surface area contributed by atoms with E-state index in [0.29, 0.717) is 12.1 Å². The van der Waals surface area contributed by atoms with Crippen molar-refractivity contribution in [2.75, 3.05) is 0 Å². The molecule has 56 valence electrons. The van der Waals surface area contributed by atoms with Gasteiger partial charge in [-0.2, -0.15) is 10.2 Å². The van der Waals surface area contributed by atoms with Crippen LogP contribution in [0.3, 0.4) is 0 Å². The van der Waals surface area contributed by atoms with Gasteiger partial charge in [0.25, 0.3) is 0 Å². The van der Waals surface area contributed by atoms with E-state index in [-0.39, 0.29) is 0 Å². The topological polar surface area (TPSA) is 76.8 Å². The van der Waals surface area contributed by atoms with Crippen LogP contribution < -0.4 is 11.5 Å². The van der Waals surface area contributed by atoms with E-state index in [1.807, 2.05) is 13.8 Å². The van der Waals surface area contributed by atoms with Gasteiger partial charge in [0.2, 0.25) is 0 Å². The summed E-state index contributed by atoms with van der Waals surface area (Å²) in [7, 11) is 0. The molecule has 1 atom stereocenters. The Morgan fingerprint density at radius 2 is 2.20 bits per heavy atom. The molecule has 0 radical (unpaired) electrons. The normalized spacial score (nSPS) is 31.9. The van der Waals surface area contributed by atoms with Crippen LogP contribution in [0.25, 0.3) is 0 Å². The van der Waals surface area contributed by atoms with Crippen LogP contribution in [0.4, 0.5) is 0 Å². The molecule has 1 heterocycles. The van der Waals surface area contributed by atoms with Crippen LogP contribution in [0.1, 0.15) is 20.3 Å². The fraction of sp³-hybridized carbons (Fsp3) is 0.667. The molecule has 0 saturated heterocycles. The summed E-state index contributed by atoms with van der Waals surface area (Å²) < 4.78 is 0. The van der Waals surface area contributed by atoms with E-state index in [2.05, 4.69) is 10.2 Å². The molecular formula is C6H12N4. The average Bonchev–Trinajstić information content (AvgIpc) is 2.19. The maximum atomic E-state index is 5.75. The van der Waals surface area contributed by atoms with Gasteiger partial charge in [-0.05, 0) is 13.3 Å². The molecule has 1 aliphatic heterocycles. The molecule has 0 saturated carbocycles. The van der Waals surface area contributed by atoms with Crippen LogP contribution in [0.15, 0.2) is 21.6 Å². The third-order valence-electron chi connectivity index (χ3n) is 1.77. The number of hydrogen-bond acceptors (Lipinski definition) is 4. The monoisotopic (exact) mass is 140 g/mol. The summed E-state index contributed by atoms with van der Waals surface area (Å²) in [6.07, 6.45) is 0.694. The van der Waals surface area contributed by atoms with Crippen molar-refractivity contribution < 1.29 is 0 Å². The van der Waals surface area contributed by atoms with E-state index >= 15 is 0 Å². The molecule has 0 aromatic carbocycles. The molecule has 0 aromatic rings. The first kappa shape index (κ1) is 7.21. The van der Waals surface area contributed by atoms with Crippen LogP contribution in [0, 0.1) is 0 Å². The van der Waals surface area contributed by atoms with Gasteiger partial charge in [0.1, 0.15) is 0 Å². The second kappa shape index (κ2) is 2.05. The Hall–Kier alpha value is -0.900. The Morgan fingerprint density at radius 3 is 2.40 bits per heavy atom. The third-order valence-corrected chi connectivity index (χ3v) is 1.77. The van der Waals surface area contributed by atoms with Gasteiger partial charge in [-0.15, -0.1) is 0 Å². The van der Waals surface area contributed by atoms with Crippen molar-refractivity contribution >= 4 is 0 Å². The van der Waals surface area contributed by atoms with E-state index in [4.69, 9.17) is 11.5 Å². The Bertz CT molecular complexity index is 206. The second-order valence-corrected chi connectivity index (χ2v) is 2.48. The van der Waals surface area contributed by atoms with E-state index in [9.17, 15) is 0 Å². The number of azo groups is 1. The fourth-order valence-electron chi connectivity index (χ4n) is 0.846.